The van der Waals surface area contributed by atoms with Crippen LogP contribution in [0.15, 0.2) is 18.3 Å². The first kappa shape index (κ1) is 35.9. The van der Waals surface area contributed by atoms with Crippen LogP contribution in [-0.2, 0) is 19.2 Å². The first-order valence-corrected chi connectivity index (χ1v) is 17.1. The van der Waals surface area contributed by atoms with E-state index in [0.29, 0.717) is 17.9 Å². The number of carbonyl (C=O) groups is 4. The number of nitrogens with zero attached hydrogens (tertiary/aromatic N) is 2. The normalized spacial score (nSPS) is 23.2. The molecule has 3 fully saturated rings. The third-order valence-electron chi connectivity index (χ3n) is 9.20. The molecule has 46 heavy (non-hydrogen) atoms. The highest BCUT2D eigenvalue weighted by atomic mass is 35.5. The molecular weight excluding hydrogens is 612 g/mol. The molecule has 1 aromatic rings. The molecule has 0 spiro atoms. The maximum atomic E-state index is 14.4. The number of aromatic nitrogens is 1. The van der Waals surface area contributed by atoms with Crippen LogP contribution in [0.2, 0.25) is 5.02 Å². The van der Waals surface area contributed by atoms with Crippen LogP contribution >= 0.6 is 11.6 Å². The highest BCUT2D eigenvalue weighted by Gasteiger charge is 2.47. The Bertz CT molecular complexity index is 1220. The van der Waals surface area contributed by atoms with Crippen molar-refractivity contribution < 1.29 is 29.0 Å². The van der Waals surface area contributed by atoms with Crippen molar-refractivity contribution in [1.82, 2.24) is 25.8 Å². The number of halogens is 1. The number of hydrogen-bond acceptors (Lipinski definition) is 8. The Morgan fingerprint density at radius 2 is 1.78 bits per heavy atom. The molecule has 0 aromatic carbocycles. The average molecular weight is 663 g/mol. The van der Waals surface area contributed by atoms with Gasteiger partial charge >= 0.3 is 0 Å². The van der Waals surface area contributed by atoms with E-state index < -0.39 is 59.5 Å². The lowest BCUT2D eigenvalue weighted by Gasteiger charge is -2.37. The van der Waals surface area contributed by atoms with Crippen molar-refractivity contribution >= 4 is 35.2 Å². The van der Waals surface area contributed by atoms with Crippen molar-refractivity contribution in [2.24, 2.45) is 17.1 Å². The van der Waals surface area contributed by atoms with E-state index in [9.17, 15) is 24.3 Å². The minimum atomic E-state index is -1.44. The van der Waals surface area contributed by atoms with Crippen LogP contribution in [0.1, 0.15) is 91.9 Å². The monoisotopic (exact) mass is 662 g/mol. The highest BCUT2D eigenvalue weighted by Crippen LogP contribution is 2.30. The van der Waals surface area contributed by atoms with Gasteiger partial charge in [-0.25, -0.2) is 4.98 Å². The van der Waals surface area contributed by atoms with Gasteiger partial charge in [0.25, 0.3) is 5.91 Å². The van der Waals surface area contributed by atoms with Crippen molar-refractivity contribution in [2.45, 2.75) is 134 Å². The molecule has 4 rings (SSSR count). The summed E-state index contributed by atoms with van der Waals surface area (Å²) in [7, 11) is 0. The predicted octanol–water partition coefficient (Wildman–Crippen LogP) is 2.45. The molecule has 13 heteroatoms. The SMILES string of the molecule is CCC[C@H](NC(=O)[C@@H]1C[C@@H](Oc2ccc(Cl)cn2)CN1C(=O)[C@@H](NC(=O)[C@@H](N)C1CCCCC1)C(C)(C)C)[C@H](O)C(=O)NC1CC1. The molecule has 12 nitrogen and oxygen atoms in total. The van der Waals surface area contributed by atoms with Crippen molar-refractivity contribution in [2.75, 3.05) is 6.54 Å². The Morgan fingerprint density at radius 1 is 1.09 bits per heavy atom. The first-order valence-electron chi connectivity index (χ1n) is 16.7. The number of carbonyl (C=O) groups excluding carboxylic acids is 4. The van der Waals surface area contributed by atoms with Crippen molar-refractivity contribution in [3.8, 4) is 5.88 Å². The first-order chi connectivity index (χ1) is 21.8. The van der Waals surface area contributed by atoms with E-state index in [1.807, 2.05) is 27.7 Å². The van der Waals surface area contributed by atoms with Crippen LogP contribution in [0.5, 0.6) is 5.88 Å². The zero-order chi connectivity index (χ0) is 33.6. The Balaban J connectivity index is 1.55. The lowest BCUT2D eigenvalue weighted by atomic mass is 9.82. The van der Waals surface area contributed by atoms with Gasteiger partial charge in [-0.1, -0.05) is 65.0 Å². The number of nitrogens with one attached hydrogen (secondary N) is 3. The topological polar surface area (TPSA) is 176 Å². The lowest BCUT2D eigenvalue weighted by molar-refractivity contribution is -0.145. The van der Waals surface area contributed by atoms with Gasteiger partial charge in [0.15, 0.2) is 6.10 Å². The summed E-state index contributed by atoms with van der Waals surface area (Å²) in [5.41, 5.74) is 5.70. The van der Waals surface area contributed by atoms with Crippen molar-refractivity contribution in [1.29, 1.82) is 0 Å². The van der Waals surface area contributed by atoms with Gasteiger partial charge < -0.3 is 36.4 Å². The molecule has 6 N–H and O–H groups in total. The zero-order valence-corrected chi connectivity index (χ0v) is 28.2. The fourth-order valence-corrected chi connectivity index (χ4v) is 6.45. The number of ether oxygens (including phenoxy) is 1. The summed E-state index contributed by atoms with van der Waals surface area (Å²) in [5.74, 6) is -1.52. The van der Waals surface area contributed by atoms with Crippen LogP contribution in [0, 0.1) is 11.3 Å². The molecule has 6 atom stereocenters. The summed E-state index contributed by atoms with van der Waals surface area (Å²) >= 11 is 5.99. The maximum Gasteiger partial charge on any atom is 0.251 e. The van der Waals surface area contributed by atoms with Crippen molar-refractivity contribution in [3.05, 3.63) is 23.4 Å². The summed E-state index contributed by atoms with van der Waals surface area (Å²) in [4.78, 5) is 60.0. The van der Waals surface area contributed by atoms with E-state index in [4.69, 9.17) is 22.1 Å². The van der Waals surface area contributed by atoms with E-state index in [2.05, 4.69) is 20.9 Å². The van der Waals surface area contributed by atoms with Crippen LogP contribution < -0.4 is 26.4 Å². The number of hydrogen-bond donors (Lipinski definition) is 5. The maximum absolute atomic E-state index is 14.4. The number of nitrogens with two attached hydrogens (primary N) is 1. The Labute approximate surface area is 276 Å². The number of aliphatic hydroxyl groups excluding tert-OH is 1. The predicted molar refractivity (Wildman–Crippen MR) is 174 cm³/mol. The van der Waals surface area contributed by atoms with E-state index >= 15 is 0 Å². The van der Waals surface area contributed by atoms with Gasteiger partial charge in [0.05, 0.1) is 23.7 Å². The van der Waals surface area contributed by atoms with Gasteiger partial charge in [0, 0.05) is 24.7 Å². The largest absolute Gasteiger partial charge is 0.472 e. The fourth-order valence-electron chi connectivity index (χ4n) is 6.33. The quantitative estimate of drug-likeness (QED) is 0.214. The van der Waals surface area contributed by atoms with Crippen LogP contribution in [0.3, 0.4) is 0 Å². The molecular formula is C33H51ClN6O6. The Hall–Kier alpha value is -2.96. The average Bonchev–Trinajstić information content (AvgIpc) is 3.74. The Morgan fingerprint density at radius 3 is 2.37 bits per heavy atom. The smallest absolute Gasteiger partial charge is 0.251 e. The molecule has 256 valence electrons. The second kappa shape index (κ2) is 15.8. The second-order valence-corrected chi connectivity index (χ2v) is 14.6. The number of amides is 4. The number of rotatable bonds is 13. The van der Waals surface area contributed by atoms with Gasteiger partial charge in [-0.05, 0) is 49.5 Å². The molecule has 2 heterocycles. The molecule has 0 bridgehead atoms. The third kappa shape index (κ3) is 9.54. The van der Waals surface area contributed by atoms with Crippen molar-refractivity contribution in [3.63, 3.8) is 0 Å². The van der Waals surface area contributed by atoms with Crippen LogP contribution in [0.25, 0.3) is 0 Å². The zero-order valence-electron chi connectivity index (χ0n) is 27.5. The molecule has 1 saturated heterocycles. The van der Waals surface area contributed by atoms with Gasteiger partial charge in [0.2, 0.25) is 23.6 Å². The molecule has 2 saturated carbocycles. The number of likely N-dealkylation sites (tertiary alicyclic amines) is 1. The van der Waals surface area contributed by atoms with Gasteiger partial charge in [-0.3, -0.25) is 19.2 Å². The minimum Gasteiger partial charge on any atom is -0.472 e. The van der Waals surface area contributed by atoms with E-state index in [-0.39, 0.29) is 36.7 Å². The summed E-state index contributed by atoms with van der Waals surface area (Å²) in [5, 5.41) is 19.9. The summed E-state index contributed by atoms with van der Waals surface area (Å²) in [6.07, 6.45) is 7.17. The Kier molecular flexibility index (Phi) is 12.3. The standard InChI is InChI=1S/C33H51ClN6O6/c1-5-9-23(27(41)31(44)37-21-13-14-21)38-29(42)24-16-22(46-25-15-12-20(34)17-36-25)18-40(24)32(45)28(33(2,3)4)39-30(43)26(35)19-10-7-6-8-11-19/h12,15,17,19,21-24,26-28,41H,5-11,13-14,16,18,35H2,1-4H3,(H,37,44)(H,38,42)(H,39,43)/t22-,23+,24+,26+,27+,28-/m1/s1. The molecule has 0 unspecified atom stereocenters. The lowest BCUT2D eigenvalue weighted by Crippen LogP contribution is -2.61. The van der Waals surface area contributed by atoms with Gasteiger partial charge in [-0.2, -0.15) is 0 Å². The third-order valence-corrected chi connectivity index (χ3v) is 9.42. The number of aliphatic hydroxyl groups is 1. The number of pyridine rings is 1. The fraction of sp³-hybridized carbons (Fsp3) is 0.727. The van der Waals surface area contributed by atoms with E-state index in [0.717, 1.165) is 44.9 Å². The van der Waals surface area contributed by atoms with Gasteiger partial charge in [0.1, 0.15) is 18.2 Å². The molecule has 3 aliphatic rings. The second-order valence-electron chi connectivity index (χ2n) is 14.2. The highest BCUT2D eigenvalue weighted by molar-refractivity contribution is 6.30. The van der Waals surface area contributed by atoms with E-state index in [1.165, 1.54) is 11.1 Å². The molecule has 1 aromatic heterocycles. The minimum absolute atomic E-state index is 0.0539. The molecule has 4 amide bonds. The van der Waals surface area contributed by atoms with Crippen LogP contribution in [0.4, 0.5) is 0 Å². The van der Waals surface area contributed by atoms with Crippen LogP contribution in [-0.4, -0.2) is 87.6 Å². The molecule has 1 aliphatic heterocycles. The summed E-state index contributed by atoms with van der Waals surface area (Å²) in [6.45, 7) is 7.51. The molecule has 0 radical (unpaired) electrons. The van der Waals surface area contributed by atoms with E-state index in [1.54, 1.807) is 12.1 Å². The van der Waals surface area contributed by atoms with Gasteiger partial charge in [-0.15, -0.1) is 0 Å². The summed E-state index contributed by atoms with van der Waals surface area (Å²) in [6, 6.07) is -0.249. The summed E-state index contributed by atoms with van der Waals surface area (Å²) < 4.78 is 6.08. The molecule has 2 aliphatic carbocycles.